The Morgan fingerprint density at radius 1 is 1.43 bits per heavy atom. The van der Waals surface area contributed by atoms with Crippen molar-refractivity contribution in [1.82, 2.24) is 10.3 Å². The van der Waals surface area contributed by atoms with E-state index in [1.54, 1.807) is 11.9 Å². The molecule has 3 N–H and O–H groups in total. The van der Waals surface area contributed by atoms with Crippen LogP contribution in [0.15, 0.2) is 29.3 Å². The summed E-state index contributed by atoms with van der Waals surface area (Å²) in [6.07, 6.45) is 4.09. The minimum Gasteiger partial charge on any atom is -0.395 e. The predicted molar refractivity (Wildman–Crippen MR) is 96.8 cm³/mol. The number of aromatic nitrogens is 1. The third kappa shape index (κ3) is 2.56. The van der Waals surface area contributed by atoms with E-state index >= 15 is 0 Å². The van der Waals surface area contributed by atoms with Gasteiger partial charge in [-0.15, -0.1) is 0 Å². The van der Waals surface area contributed by atoms with Crippen LogP contribution in [0.2, 0.25) is 0 Å². The van der Waals surface area contributed by atoms with E-state index in [4.69, 9.17) is 4.98 Å². The van der Waals surface area contributed by atoms with Gasteiger partial charge in [0.15, 0.2) is 0 Å². The van der Waals surface area contributed by atoms with Gasteiger partial charge in [-0.1, -0.05) is 12.1 Å². The fourth-order valence-corrected chi connectivity index (χ4v) is 3.99. The first kappa shape index (κ1) is 14.8. The summed E-state index contributed by atoms with van der Waals surface area (Å²) >= 11 is 1.65. The fraction of sp³-hybridized carbons (Fsp3) is 0.353. The second-order valence-corrected chi connectivity index (χ2v) is 7.02. The lowest BCUT2D eigenvalue weighted by Crippen LogP contribution is -2.52. The largest absolute Gasteiger partial charge is 0.395 e. The maximum atomic E-state index is 9.51. The summed E-state index contributed by atoms with van der Waals surface area (Å²) in [6, 6.07) is 6.23. The zero-order valence-corrected chi connectivity index (χ0v) is 13.9. The molecule has 120 valence electrons. The van der Waals surface area contributed by atoms with Crippen molar-refractivity contribution >= 4 is 29.4 Å². The molecular weight excluding hydrogens is 308 g/mol. The average Bonchev–Trinajstić information content (AvgIpc) is 2.72. The number of hydrogen-bond donors (Lipinski definition) is 3. The van der Waals surface area contributed by atoms with Crippen LogP contribution in [-0.4, -0.2) is 42.4 Å². The number of nitrogens with zero attached hydrogens (tertiary/aromatic N) is 2. The van der Waals surface area contributed by atoms with E-state index in [1.807, 2.05) is 18.3 Å². The van der Waals surface area contributed by atoms with Gasteiger partial charge in [0.05, 0.1) is 23.7 Å². The number of fused-ring (bicyclic) bond motifs is 3. The summed E-state index contributed by atoms with van der Waals surface area (Å²) in [7, 11) is 0. The molecule has 0 aromatic rings. The topological polar surface area (TPSA) is 60.4 Å². The van der Waals surface area contributed by atoms with Gasteiger partial charge in [0.1, 0.15) is 0 Å². The first-order chi connectivity index (χ1) is 11.3. The van der Waals surface area contributed by atoms with E-state index in [-0.39, 0.29) is 12.6 Å². The molecule has 1 aliphatic carbocycles. The summed E-state index contributed by atoms with van der Waals surface area (Å²) in [5, 5.41) is 12.9. The molecule has 3 heterocycles. The molecule has 1 saturated heterocycles. The highest BCUT2D eigenvalue weighted by Crippen LogP contribution is 2.50. The molecule has 4 aliphatic rings. The SMILES string of the molecule is CC1=Cc2c(c3ccccnc-3c2N2CCN[C@@H](CO)C2)NS1. The van der Waals surface area contributed by atoms with Crippen LogP contribution in [0.25, 0.3) is 17.3 Å². The van der Waals surface area contributed by atoms with Crippen molar-refractivity contribution in [2.75, 3.05) is 35.9 Å². The van der Waals surface area contributed by atoms with Gasteiger partial charge in [0.25, 0.3) is 0 Å². The summed E-state index contributed by atoms with van der Waals surface area (Å²) in [5.41, 5.74) is 5.72. The standard InChI is InChI=1S/C17H20N4OS/c1-11-8-14-15(20-23-11)13-4-2-3-5-19-16(13)17(14)21-7-6-18-12(9-21)10-22/h2-5,8,12,18,20,22H,6-7,9-10H2,1H3/t12-/m1/s1. The Hall–Kier alpha value is -1.76. The number of aliphatic hydroxyl groups excluding tert-OH is 1. The number of anilines is 2. The number of piperazine rings is 1. The Kier molecular flexibility index (Phi) is 3.88. The van der Waals surface area contributed by atoms with Gasteiger partial charge >= 0.3 is 0 Å². The summed E-state index contributed by atoms with van der Waals surface area (Å²) in [4.78, 5) is 8.29. The summed E-state index contributed by atoms with van der Waals surface area (Å²) in [6.45, 7) is 4.85. The lowest BCUT2D eigenvalue weighted by atomic mass is 10.1. The quantitative estimate of drug-likeness (QED) is 0.736. The van der Waals surface area contributed by atoms with E-state index in [9.17, 15) is 5.11 Å². The molecule has 3 aliphatic heterocycles. The smallest absolute Gasteiger partial charge is 0.0963 e. The van der Waals surface area contributed by atoms with E-state index in [2.05, 4.69) is 34.0 Å². The van der Waals surface area contributed by atoms with Crippen molar-refractivity contribution in [1.29, 1.82) is 0 Å². The molecule has 0 radical (unpaired) electrons. The van der Waals surface area contributed by atoms with Gasteiger partial charge in [-0.3, -0.25) is 4.98 Å². The average molecular weight is 328 g/mol. The molecule has 0 saturated carbocycles. The Labute approximate surface area is 140 Å². The van der Waals surface area contributed by atoms with Crippen molar-refractivity contribution < 1.29 is 5.11 Å². The Morgan fingerprint density at radius 3 is 3.22 bits per heavy atom. The third-order valence-corrected chi connectivity index (χ3v) is 5.14. The predicted octanol–water partition coefficient (Wildman–Crippen LogP) is 2.39. The molecular formula is C17H20N4OS. The second kappa shape index (κ2) is 6.03. The Bertz CT molecular complexity index is 733. The monoisotopic (exact) mass is 328 g/mol. The second-order valence-electron chi connectivity index (χ2n) is 5.97. The lowest BCUT2D eigenvalue weighted by Gasteiger charge is -2.35. The van der Waals surface area contributed by atoms with Crippen LogP contribution in [0.1, 0.15) is 12.5 Å². The van der Waals surface area contributed by atoms with Gasteiger partial charge in [-0.25, -0.2) is 0 Å². The highest BCUT2D eigenvalue weighted by atomic mass is 32.2. The van der Waals surface area contributed by atoms with Crippen LogP contribution >= 0.6 is 11.9 Å². The lowest BCUT2D eigenvalue weighted by molar-refractivity contribution is 0.236. The molecule has 4 rings (SSSR count). The zero-order valence-electron chi connectivity index (χ0n) is 13.0. The number of aliphatic hydroxyl groups is 1. The molecule has 0 aromatic carbocycles. The first-order valence-electron chi connectivity index (χ1n) is 7.89. The van der Waals surface area contributed by atoms with Crippen LogP contribution in [0.3, 0.4) is 0 Å². The van der Waals surface area contributed by atoms with Gasteiger partial charge in [0, 0.05) is 47.9 Å². The van der Waals surface area contributed by atoms with Crippen molar-refractivity contribution in [3.8, 4) is 11.3 Å². The summed E-state index contributed by atoms with van der Waals surface area (Å²) < 4.78 is 3.47. The van der Waals surface area contributed by atoms with Crippen molar-refractivity contribution in [2.45, 2.75) is 13.0 Å². The number of allylic oxidation sites excluding steroid dienone is 1. The number of nitrogens with one attached hydrogen (secondary N) is 2. The van der Waals surface area contributed by atoms with E-state index in [1.165, 1.54) is 16.2 Å². The van der Waals surface area contributed by atoms with Gasteiger partial charge < -0.3 is 20.0 Å². The van der Waals surface area contributed by atoms with E-state index < -0.39 is 0 Å². The highest BCUT2D eigenvalue weighted by molar-refractivity contribution is 8.04. The van der Waals surface area contributed by atoms with E-state index in [0.29, 0.717) is 0 Å². The molecule has 1 fully saturated rings. The van der Waals surface area contributed by atoms with Crippen molar-refractivity contribution in [2.24, 2.45) is 0 Å². The van der Waals surface area contributed by atoms with Crippen LogP contribution in [0.4, 0.5) is 11.4 Å². The number of hydrogen-bond acceptors (Lipinski definition) is 6. The molecule has 23 heavy (non-hydrogen) atoms. The molecule has 1 atom stereocenters. The molecule has 6 heteroatoms. The molecule has 0 aromatic heterocycles. The van der Waals surface area contributed by atoms with Crippen molar-refractivity contribution in [3.05, 3.63) is 34.9 Å². The van der Waals surface area contributed by atoms with Crippen LogP contribution in [0.5, 0.6) is 0 Å². The van der Waals surface area contributed by atoms with Crippen molar-refractivity contribution in [3.63, 3.8) is 0 Å². The highest BCUT2D eigenvalue weighted by Gasteiger charge is 2.30. The fourth-order valence-electron chi connectivity index (χ4n) is 3.33. The minimum absolute atomic E-state index is 0.109. The van der Waals surface area contributed by atoms with Crippen LogP contribution in [-0.2, 0) is 0 Å². The first-order valence-corrected chi connectivity index (χ1v) is 8.70. The Balaban J connectivity index is 1.88. The molecule has 0 unspecified atom stereocenters. The van der Waals surface area contributed by atoms with Gasteiger partial charge in [0.2, 0.25) is 0 Å². The number of rotatable bonds is 2. The third-order valence-electron chi connectivity index (χ3n) is 4.39. The van der Waals surface area contributed by atoms with Gasteiger partial charge in [-0.05, 0) is 31.0 Å². The normalized spacial score (nSPS) is 20.9. The molecule has 0 bridgehead atoms. The molecule has 5 nitrogen and oxygen atoms in total. The summed E-state index contributed by atoms with van der Waals surface area (Å²) in [5.74, 6) is 0. The molecule has 0 amide bonds. The van der Waals surface area contributed by atoms with E-state index in [0.717, 1.165) is 36.6 Å². The van der Waals surface area contributed by atoms with Crippen LogP contribution in [0, 0.1) is 0 Å². The molecule has 0 spiro atoms. The zero-order chi connectivity index (χ0) is 15.8. The van der Waals surface area contributed by atoms with Gasteiger partial charge in [-0.2, -0.15) is 0 Å². The minimum atomic E-state index is 0.109. The maximum Gasteiger partial charge on any atom is 0.0963 e. The Morgan fingerprint density at radius 2 is 2.35 bits per heavy atom. The van der Waals surface area contributed by atoms with Crippen LogP contribution < -0.4 is 14.9 Å². The maximum absolute atomic E-state index is 9.51.